The van der Waals surface area contributed by atoms with Gasteiger partial charge in [-0.15, -0.1) is 0 Å². The molecule has 32 heavy (non-hydrogen) atoms. The van der Waals surface area contributed by atoms with Gasteiger partial charge in [0.2, 0.25) is 5.91 Å². The summed E-state index contributed by atoms with van der Waals surface area (Å²) in [6.07, 6.45) is 2.43. The van der Waals surface area contributed by atoms with Crippen molar-refractivity contribution in [1.82, 2.24) is 4.98 Å². The molecular weight excluding hydrogens is 406 g/mol. The number of aliphatic hydroxyl groups is 1. The van der Waals surface area contributed by atoms with Crippen molar-refractivity contribution < 1.29 is 19.4 Å². The number of carbonyl (C=O) groups excluding carboxylic acids is 2. The van der Waals surface area contributed by atoms with Crippen molar-refractivity contribution in [2.24, 2.45) is 0 Å². The van der Waals surface area contributed by atoms with Crippen LogP contribution in [0.15, 0.2) is 54.7 Å². The van der Waals surface area contributed by atoms with Gasteiger partial charge in [-0.05, 0) is 42.0 Å². The summed E-state index contributed by atoms with van der Waals surface area (Å²) in [5.41, 5.74) is 4.32. The van der Waals surface area contributed by atoms with Gasteiger partial charge in [-0.25, -0.2) is 0 Å². The van der Waals surface area contributed by atoms with Crippen molar-refractivity contribution in [3.05, 3.63) is 77.1 Å². The third kappa shape index (κ3) is 4.26. The number of hydrogen-bond donors (Lipinski definition) is 4. The van der Waals surface area contributed by atoms with Gasteiger partial charge in [0, 0.05) is 29.9 Å². The standard InChI is InChI=1S/C25H21N3O4/c1-15(29)27-18-9-6-16(7-10-18)22(30)11-8-17-4-3-5-20-24(17)19(25(31)28-20)14-21-23(32-2)12-13-26-21/h3-7,9-10,12-14,22,26,30H,1-2H3,(H,27,29)(H,28,31). The number of rotatable bonds is 4. The fourth-order valence-corrected chi connectivity index (χ4v) is 3.48. The second kappa shape index (κ2) is 8.84. The molecule has 1 atom stereocenters. The Labute approximate surface area is 185 Å². The highest BCUT2D eigenvalue weighted by atomic mass is 16.5. The Bertz CT molecular complexity index is 1280. The van der Waals surface area contributed by atoms with Crippen molar-refractivity contribution in [1.29, 1.82) is 0 Å². The molecule has 0 fully saturated rings. The number of carbonyl (C=O) groups is 2. The Morgan fingerprint density at radius 1 is 1.19 bits per heavy atom. The predicted octanol–water partition coefficient (Wildman–Crippen LogP) is 3.56. The normalized spacial score (nSPS) is 14.2. The van der Waals surface area contributed by atoms with Gasteiger partial charge in [-0.3, -0.25) is 9.59 Å². The topological polar surface area (TPSA) is 103 Å². The molecule has 1 aliphatic heterocycles. The van der Waals surface area contributed by atoms with Gasteiger partial charge in [-0.2, -0.15) is 0 Å². The molecule has 7 heteroatoms. The number of hydrogen-bond acceptors (Lipinski definition) is 4. The molecule has 4 rings (SSSR count). The van der Waals surface area contributed by atoms with Crippen LogP contribution >= 0.6 is 0 Å². The van der Waals surface area contributed by atoms with E-state index in [1.165, 1.54) is 6.92 Å². The highest BCUT2D eigenvalue weighted by molar-refractivity contribution is 6.35. The molecule has 2 heterocycles. The van der Waals surface area contributed by atoms with Crippen LogP contribution in [0.4, 0.5) is 11.4 Å². The molecule has 0 radical (unpaired) electrons. The van der Waals surface area contributed by atoms with E-state index < -0.39 is 6.10 Å². The van der Waals surface area contributed by atoms with Crippen LogP contribution in [0.25, 0.3) is 11.6 Å². The second-order valence-corrected chi connectivity index (χ2v) is 7.18. The van der Waals surface area contributed by atoms with Crippen molar-refractivity contribution in [3.63, 3.8) is 0 Å². The number of methoxy groups -OCH3 is 1. The lowest BCUT2D eigenvalue weighted by Gasteiger charge is -2.07. The molecule has 1 aromatic heterocycles. The first-order valence-electron chi connectivity index (χ1n) is 9.91. The number of ether oxygens (including phenoxy) is 1. The summed E-state index contributed by atoms with van der Waals surface area (Å²) in [7, 11) is 1.56. The largest absolute Gasteiger partial charge is 0.495 e. The van der Waals surface area contributed by atoms with Crippen LogP contribution < -0.4 is 15.4 Å². The Kier molecular flexibility index (Phi) is 5.79. The zero-order chi connectivity index (χ0) is 22.7. The maximum Gasteiger partial charge on any atom is 0.256 e. The van der Waals surface area contributed by atoms with Crippen molar-refractivity contribution in [3.8, 4) is 17.6 Å². The second-order valence-electron chi connectivity index (χ2n) is 7.18. The summed E-state index contributed by atoms with van der Waals surface area (Å²) in [4.78, 5) is 26.8. The van der Waals surface area contributed by atoms with E-state index >= 15 is 0 Å². The molecule has 3 aromatic rings. The summed E-state index contributed by atoms with van der Waals surface area (Å²) in [5.74, 6) is 6.07. The van der Waals surface area contributed by atoms with Gasteiger partial charge in [0.25, 0.3) is 5.91 Å². The first-order chi connectivity index (χ1) is 15.5. The molecular formula is C25H21N3O4. The van der Waals surface area contributed by atoms with Crippen molar-refractivity contribution in [2.45, 2.75) is 13.0 Å². The number of aromatic nitrogens is 1. The van der Waals surface area contributed by atoms with E-state index in [1.54, 1.807) is 61.8 Å². The Morgan fingerprint density at radius 3 is 2.69 bits per heavy atom. The number of fused-ring (bicyclic) bond motifs is 1. The summed E-state index contributed by atoms with van der Waals surface area (Å²) in [6, 6.07) is 14.0. The van der Waals surface area contributed by atoms with E-state index in [1.807, 2.05) is 6.07 Å². The SMILES string of the molecule is COc1cc[nH]c1C=C1C(=O)Nc2cccc(C#CC(O)c3ccc(NC(C)=O)cc3)c21. The maximum atomic E-state index is 12.6. The van der Waals surface area contributed by atoms with Crippen LogP contribution in [0.1, 0.15) is 35.4 Å². The van der Waals surface area contributed by atoms with Crippen LogP contribution in [0.2, 0.25) is 0 Å². The zero-order valence-electron chi connectivity index (χ0n) is 17.5. The van der Waals surface area contributed by atoms with E-state index in [0.717, 1.165) is 0 Å². The first-order valence-corrected chi connectivity index (χ1v) is 9.91. The fraction of sp³-hybridized carbons (Fsp3) is 0.120. The molecule has 7 nitrogen and oxygen atoms in total. The molecule has 0 saturated carbocycles. The van der Waals surface area contributed by atoms with Gasteiger partial charge in [-0.1, -0.05) is 30.0 Å². The number of anilines is 2. The fourth-order valence-electron chi connectivity index (χ4n) is 3.48. The number of nitrogens with one attached hydrogen (secondary N) is 3. The quantitative estimate of drug-likeness (QED) is 0.378. The number of benzene rings is 2. The molecule has 160 valence electrons. The van der Waals surface area contributed by atoms with Gasteiger partial charge in [0.1, 0.15) is 11.9 Å². The van der Waals surface area contributed by atoms with Crippen LogP contribution in [0.3, 0.4) is 0 Å². The Balaban J connectivity index is 1.65. The van der Waals surface area contributed by atoms with E-state index in [2.05, 4.69) is 27.5 Å². The average Bonchev–Trinajstić information content (AvgIpc) is 3.36. The van der Waals surface area contributed by atoms with Crippen molar-refractivity contribution in [2.75, 3.05) is 17.7 Å². The van der Waals surface area contributed by atoms with E-state index in [9.17, 15) is 14.7 Å². The minimum Gasteiger partial charge on any atom is -0.495 e. The lowest BCUT2D eigenvalue weighted by molar-refractivity contribution is -0.114. The van der Waals surface area contributed by atoms with E-state index in [4.69, 9.17) is 4.74 Å². The highest BCUT2D eigenvalue weighted by Crippen LogP contribution is 2.36. The van der Waals surface area contributed by atoms with Gasteiger partial charge >= 0.3 is 0 Å². The average molecular weight is 427 g/mol. The molecule has 2 amide bonds. The van der Waals surface area contributed by atoms with Gasteiger partial charge < -0.3 is 25.5 Å². The van der Waals surface area contributed by atoms with E-state index in [0.29, 0.717) is 45.1 Å². The molecule has 2 aromatic carbocycles. The number of amides is 2. The van der Waals surface area contributed by atoms with Gasteiger partial charge in [0.05, 0.1) is 24.1 Å². The molecule has 4 N–H and O–H groups in total. The first kappa shape index (κ1) is 21.0. The highest BCUT2D eigenvalue weighted by Gasteiger charge is 2.27. The summed E-state index contributed by atoms with van der Waals surface area (Å²) in [6.45, 7) is 1.43. The summed E-state index contributed by atoms with van der Waals surface area (Å²) >= 11 is 0. The van der Waals surface area contributed by atoms with Gasteiger partial charge in [0.15, 0.2) is 0 Å². The zero-order valence-corrected chi connectivity index (χ0v) is 17.5. The molecule has 0 spiro atoms. The Hall–Kier alpha value is -4.28. The Morgan fingerprint density at radius 2 is 1.97 bits per heavy atom. The molecule has 0 aliphatic carbocycles. The van der Waals surface area contributed by atoms with Crippen LogP contribution in [0.5, 0.6) is 5.75 Å². The van der Waals surface area contributed by atoms with Crippen molar-refractivity contribution >= 4 is 34.8 Å². The molecule has 0 bridgehead atoms. The lowest BCUT2D eigenvalue weighted by Crippen LogP contribution is -2.05. The molecule has 0 saturated heterocycles. The maximum absolute atomic E-state index is 12.6. The summed E-state index contributed by atoms with van der Waals surface area (Å²) < 4.78 is 5.31. The monoisotopic (exact) mass is 427 g/mol. The summed E-state index contributed by atoms with van der Waals surface area (Å²) in [5, 5.41) is 16.0. The minimum absolute atomic E-state index is 0.167. The number of aromatic amines is 1. The number of aliphatic hydroxyl groups excluding tert-OH is 1. The van der Waals surface area contributed by atoms with E-state index in [-0.39, 0.29) is 11.8 Å². The molecule has 1 unspecified atom stereocenters. The third-order valence-corrected chi connectivity index (χ3v) is 4.96. The predicted molar refractivity (Wildman–Crippen MR) is 123 cm³/mol. The van der Waals surface area contributed by atoms with Crippen LogP contribution in [-0.2, 0) is 9.59 Å². The van der Waals surface area contributed by atoms with Crippen LogP contribution in [0, 0.1) is 11.8 Å². The van der Waals surface area contributed by atoms with Crippen LogP contribution in [-0.4, -0.2) is 29.0 Å². The third-order valence-electron chi connectivity index (χ3n) is 4.96. The smallest absolute Gasteiger partial charge is 0.256 e. The lowest BCUT2D eigenvalue weighted by atomic mass is 9.99. The molecule has 1 aliphatic rings. The number of H-pyrrole nitrogens is 1. The minimum atomic E-state index is -1.03.